The van der Waals surface area contributed by atoms with Gasteiger partial charge >= 0.3 is 0 Å². The number of hydrogen-bond donors (Lipinski definition) is 3. The summed E-state index contributed by atoms with van der Waals surface area (Å²) in [6.45, 7) is 1.23. The zero-order valence-corrected chi connectivity index (χ0v) is 11.6. The molecule has 0 saturated carbocycles. The van der Waals surface area contributed by atoms with E-state index in [1.54, 1.807) is 31.4 Å². The molecule has 0 fully saturated rings. The number of anilines is 1. The van der Waals surface area contributed by atoms with Crippen LogP contribution in [0.5, 0.6) is 0 Å². The first-order valence-electron chi connectivity index (χ1n) is 6.53. The Morgan fingerprint density at radius 2 is 1.85 bits per heavy atom. The number of unbranched alkanes of at least 4 members (excludes halogenated alkanes) is 1. The van der Waals surface area contributed by atoms with Crippen LogP contribution in [0.2, 0.25) is 0 Å². The van der Waals surface area contributed by atoms with E-state index in [0.29, 0.717) is 24.4 Å². The molecule has 0 aliphatic heterocycles. The van der Waals surface area contributed by atoms with Gasteiger partial charge in [0.05, 0.1) is 6.54 Å². The van der Waals surface area contributed by atoms with Gasteiger partial charge in [0.25, 0.3) is 5.91 Å². The number of ether oxygens (including phenoxy) is 1. The third-order valence-corrected chi connectivity index (χ3v) is 2.68. The SMILES string of the molecule is COCCCCNC(=O)CNC(=O)c1ccc(N)cc1. The van der Waals surface area contributed by atoms with Crippen LogP contribution in [0.4, 0.5) is 5.69 Å². The molecule has 0 spiro atoms. The number of nitrogen functional groups attached to an aromatic ring is 1. The van der Waals surface area contributed by atoms with Crippen molar-refractivity contribution in [2.75, 3.05) is 32.5 Å². The van der Waals surface area contributed by atoms with Crippen molar-refractivity contribution in [1.29, 1.82) is 0 Å². The molecule has 0 aliphatic rings. The average molecular weight is 279 g/mol. The summed E-state index contributed by atoms with van der Waals surface area (Å²) in [4.78, 5) is 23.2. The number of benzene rings is 1. The molecule has 6 nitrogen and oxygen atoms in total. The van der Waals surface area contributed by atoms with Crippen LogP contribution in [0, 0.1) is 0 Å². The third-order valence-electron chi connectivity index (χ3n) is 2.68. The zero-order chi connectivity index (χ0) is 14.8. The Morgan fingerprint density at radius 3 is 2.50 bits per heavy atom. The maximum atomic E-state index is 11.7. The Kier molecular flexibility index (Phi) is 7.13. The summed E-state index contributed by atoms with van der Waals surface area (Å²) in [6, 6.07) is 6.52. The highest BCUT2D eigenvalue weighted by molar-refractivity contribution is 5.96. The van der Waals surface area contributed by atoms with Crippen LogP contribution in [0.25, 0.3) is 0 Å². The number of rotatable bonds is 8. The largest absolute Gasteiger partial charge is 0.399 e. The van der Waals surface area contributed by atoms with E-state index in [1.165, 1.54) is 0 Å². The van der Waals surface area contributed by atoms with Crippen molar-refractivity contribution in [3.63, 3.8) is 0 Å². The molecular weight excluding hydrogens is 258 g/mol. The smallest absolute Gasteiger partial charge is 0.251 e. The summed E-state index contributed by atoms with van der Waals surface area (Å²) >= 11 is 0. The minimum absolute atomic E-state index is 0.0342. The number of nitrogens with two attached hydrogens (primary N) is 1. The molecule has 0 bridgehead atoms. The molecule has 1 rings (SSSR count). The third kappa shape index (κ3) is 6.19. The molecule has 2 amide bonds. The number of amides is 2. The molecule has 6 heteroatoms. The Balaban J connectivity index is 2.20. The van der Waals surface area contributed by atoms with Gasteiger partial charge in [0.15, 0.2) is 0 Å². The quantitative estimate of drug-likeness (QED) is 0.478. The lowest BCUT2D eigenvalue weighted by atomic mass is 10.2. The lowest BCUT2D eigenvalue weighted by Gasteiger charge is -2.07. The van der Waals surface area contributed by atoms with Gasteiger partial charge in [0.2, 0.25) is 5.91 Å². The molecule has 0 unspecified atom stereocenters. The van der Waals surface area contributed by atoms with Crippen molar-refractivity contribution >= 4 is 17.5 Å². The van der Waals surface area contributed by atoms with Gasteiger partial charge < -0.3 is 21.1 Å². The molecule has 0 heterocycles. The summed E-state index contributed by atoms with van der Waals surface area (Å²) in [5.41, 5.74) is 6.61. The predicted octanol–water partition coefficient (Wildman–Crippen LogP) is 0.541. The Hall–Kier alpha value is -2.08. The molecule has 1 aromatic carbocycles. The fourth-order valence-corrected chi connectivity index (χ4v) is 1.56. The fraction of sp³-hybridized carbons (Fsp3) is 0.429. The van der Waals surface area contributed by atoms with Crippen molar-refractivity contribution in [3.8, 4) is 0 Å². The second-order valence-electron chi connectivity index (χ2n) is 4.35. The summed E-state index contributed by atoms with van der Waals surface area (Å²) in [5.74, 6) is -0.495. The molecule has 4 N–H and O–H groups in total. The van der Waals surface area contributed by atoms with E-state index in [4.69, 9.17) is 10.5 Å². The molecule has 110 valence electrons. The highest BCUT2D eigenvalue weighted by Gasteiger charge is 2.07. The van der Waals surface area contributed by atoms with E-state index >= 15 is 0 Å². The standard InChI is InChI=1S/C14H21N3O3/c1-20-9-3-2-8-16-13(18)10-17-14(19)11-4-6-12(15)7-5-11/h4-7H,2-3,8-10,15H2,1H3,(H,16,18)(H,17,19). The highest BCUT2D eigenvalue weighted by atomic mass is 16.5. The minimum Gasteiger partial charge on any atom is -0.399 e. The lowest BCUT2D eigenvalue weighted by Crippen LogP contribution is -2.37. The monoisotopic (exact) mass is 279 g/mol. The van der Waals surface area contributed by atoms with Crippen molar-refractivity contribution in [1.82, 2.24) is 10.6 Å². The first-order chi connectivity index (χ1) is 9.63. The average Bonchev–Trinajstić information content (AvgIpc) is 2.45. The van der Waals surface area contributed by atoms with Crippen molar-refractivity contribution in [2.45, 2.75) is 12.8 Å². The van der Waals surface area contributed by atoms with Crippen LogP contribution in [-0.2, 0) is 9.53 Å². The van der Waals surface area contributed by atoms with E-state index in [1.807, 2.05) is 0 Å². The van der Waals surface area contributed by atoms with E-state index in [2.05, 4.69) is 10.6 Å². The topological polar surface area (TPSA) is 93.5 Å². The van der Waals surface area contributed by atoms with Crippen LogP contribution in [0.1, 0.15) is 23.2 Å². The number of carbonyl (C=O) groups excluding carboxylic acids is 2. The summed E-state index contributed by atoms with van der Waals surface area (Å²) in [5, 5.41) is 5.28. The van der Waals surface area contributed by atoms with Gasteiger partial charge in [-0.15, -0.1) is 0 Å². The molecule has 0 atom stereocenters. The van der Waals surface area contributed by atoms with Gasteiger partial charge in [0.1, 0.15) is 0 Å². The molecule has 0 saturated heterocycles. The second kappa shape index (κ2) is 8.92. The van der Waals surface area contributed by atoms with Crippen LogP contribution >= 0.6 is 0 Å². The van der Waals surface area contributed by atoms with Crippen molar-refractivity contribution < 1.29 is 14.3 Å². The first-order valence-corrected chi connectivity index (χ1v) is 6.53. The molecular formula is C14H21N3O3. The van der Waals surface area contributed by atoms with Gasteiger partial charge in [-0.05, 0) is 37.1 Å². The molecule has 20 heavy (non-hydrogen) atoms. The first kappa shape index (κ1) is 16.0. The second-order valence-corrected chi connectivity index (χ2v) is 4.35. The predicted molar refractivity (Wildman–Crippen MR) is 77.3 cm³/mol. The Labute approximate surface area is 118 Å². The molecule has 1 aromatic rings. The van der Waals surface area contributed by atoms with Crippen LogP contribution < -0.4 is 16.4 Å². The van der Waals surface area contributed by atoms with E-state index < -0.39 is 0 Å². The molecule has 0 aromatic heterocycles. The van der Waals surface area contributed by atoms with Crippen LogP contribution in [0.3, 0.4) is 0 Å². The molecule has 0 radical (unpaired) electrons. The summed E-state index contributed by atoms with van der Waals surface area (Å²) in [6.07, 6.45) is 1.75. The summed E-state index contributed by atoms with van der Waals surface area (Å²) < 4.78 is 4.91. The number of methoxy groups -OCH3 is 1. The number of nitrogens with one attached hydrogen (secondary N) is 2. The highest BCUT2D eigenvalue weighted by Crippen LogP contribution is 2.04. The van der Waals surface area contributed by atoms with Gasteiger partial charge in [-0.2, -0.15) is 0 Å². The van der Waals surface area contributed by atoms with Gasteiger partial charge in [0, 0.05) is 31.5 Å². The van der Waals surface area contributed by atoms with Crippen LogP contribution in [0.15, 0.2) is 24.3 Å². The Bertz CT molecular complexity index is 432. The lowest BCUT2D eigenvalue weighted by molar-refractivity contribution is -0.120. The van der Waals surface area contributed by atoms with Gasteiger partial charge in [-0.25, -0.2) is 0 Å². The fourth-order valence-electron chi connectivity index (χ4n) is 1.56. The van der Waals surface area contributed by atoms with Crippen molar-refractivity contribution in [2.24, 2.45) is 0 Å². The maximum Gasteiger partial charge on any atom is 0.251 e. The van der Waals surface area contributed by atoms with E-state index in [0.717, 1.165) is 12.8 Å². The maximum absolute atomic E-state index is 11.7. The number of carbonyl (C=O) groups is 2. The number of hydrogen-bond acceptors (Lipinski definition) is 4. The minimum atomic E-state index is -0.292. The van der Waals surface area contributed by atoms with E-state index in [-0.39, 0.29) is 18.4 Å². The Morgan fingerprint density at radius 1 is 1.15 bits per heavy atom. The normalized spacial score (nSPS) is 10.1. The van der Waals surface area contributed by atoms with Crippen molar-refractivity contribution in [3.05, 3.63) is 29.8 Å². The summed E-state index contributed by atoms with van der Waals surface area (Å²) in [7, 11) is 1.64. The van der Waals surface area contributed by atoms with Gasteiger partial charge in [-0.3, -0.25) is 9.59 Å². The van der Waals surface area contributed by atoms with Crippen LogP contribution in [-0.4, -0.2) is 38.6 Å². The molecule has 0 aliphatic carbocycles. The van der Waals surface area contributed by atoms with Gasteiger partial charge in [-0.1, -0.05) is 0 Å². The zero-order valence-electron chi connectivity index (χ0n) is 11.6. The van der Waals surface area contributed by atoms with E-state index in [9.17, 15) is 9.59 Å².